The molecule has 0 aliphatic carbocycles. The van der Waals surface area contributed by atoms with Crippen LogP contribution in [-0.2, 0) is 17.1 Å². The van der Waals surface area contributed by atoms with Gasteiger partial charge in [0.25, 0.3) is 10.0 Å². The maximum Gasteiger partial charge on any atom is 0.343 e. The van der Waals surface area contributed by atoms with Crippen LogP contribution < -0.4 is 11.2 Å². The molecule has 0 amide bonds. The lowest BCUT2D eigenvalue weighted by molar-refractivity contribution is 0.537. The van der Waals surface area contributed by atoms with Crippen molar-refractivity contribution in [3.05, 3.63) is 58.1 Å². The zero-order chi connectivity index (χ0) is 15.8. The summed E-state index contributed by atoms with van der Waals surface area (Å²) in [5.41, 5.74) is -1.30. The van der Waals surface area contributed by atoms with Crippen molar-refractivity contribution in [1.29, 1.82) is 0 Å². The first kappa shape index (κ1) is 15.1. The van der Waals surface area contributed by atoms with Crippen LogP contribution in [0.25, 0.3) is 0 Å². The highest BCUT2D eigenvalue weighted by Crippen LogP contribution is 2.13. The van der Waals surface area contributed by atoms with Crippen molar-refractivity contribution < 1.29 is 17.2 Å². The van der Waals surface area contributed by atoms with Crippen LogP contribution in [0, 0.1) is 11.6 Å². The van der Waals surface area contributed by atoms with Crippen molar-refractivity contribution in [2.24, 2.45) is 12.0 Å². The normalized spacial score (nSPS) is 12.7. The molecule has 1 aromatic heterocycles. The smallest absolute Gasteiger partial charge is 0.278 e. The molecular formula is C12H11F2N3O3S. The van der Waals surface area contributed by atoms with Crippen molar-refractivity contribution in [2.75, 3.05) is 7.05 Å². The Kier molecular flexibility index (Phi) is 3.77. The molecule has 2 rings (SSSR count). The van der Waals surface area contributed by atoms with Crippen LogP contribution in [0.1, 0.15) is 0 Å². The summed E-state index contributed by atoms with van der Waals surface area (Å²) in [6.45, 7) is 0. The van der Waals surface area contributed by atoms with Crippen molar-refractivity contribution in [3.63, 3.8) is 0 Å². The molecule has 21 heavy (non-hydrogen) atoms. The second-order valence-electron chi connectivity index (χ2n) is 4.12. The van der Waals surface area contributed by atoms with Gasteiger partial charge in [-0.3, -0.25) is 9.56 Å². The molecular weight excluding hydrogens is 304 g/mol. The minimum absolute atomic E-state index is 0.214. The fraction of sp³-hybridized carbons (Fsp3) is 0.167. The third-order valence-electron chi connectivity index (χ3n) is 2.80. The van der Waals surface area contributed by atoms with Gasteiger partial charge in [0.05, 0.1) is 11.1 Å². The minimum atomic E-state index is -4.40. The molecule has 0 N–H and O–H groups in total. The van der Waals surface area contributed by atoms with E-state index >= 15 is 0 Å². The monoisotopic (exact) mass is 315 g/mol. The van der Waals surface area contributed by atoms with Gasteiger partial charge in [0.15, 0.2) is 11.3 Å². The van der Waals surface area contributed by atoms with Gasteiger partial charge < -0.3 is 0 Å². The zero-order valence-corrected chi connectivity index (χ0v) is 11.9. The molecule has 9 heteroatoms. The average Bonchev–Trinajstić information content (AvgIpc) is 2.43. The van der Waals surface area contributed by atoms with Crippen molar-refractivity contribution >= 4 is 10.0 Å². The van der Waals surface area contributed by atoms with Gasteiger partial charge in [-0.05, 0) is 18.2 Å². The van der Waals surface area contributed by atoms with Crippen molar-refractivity contribution in [3.8, 4) is 0 Å². The summed E-state index contributed by atoms with van der Waals surface area (Å²) in [5.74, 6) is -1.77. The molecule has 0 fully saturated rings. The molecule has 0 spiro atoms. The summed E-state index contributed by atoms with van der Waals surface area (Å²) >= 11 is 0. The third-order valence-corrected chi connectivity index (χ3v) is 4.43. The Morgan fingerprint density at radius 3 is 2.48 bits per heavy atom. The lowest BCUT2D eigenvalue weighted by Crippen LogP contribution is -2.42. The zero-order valence-electron chi connectivity index (χ0n) is 11.1. The Morgan fingerprint density at radius 1 is 1.24 bits per heavy atom. The van der Waals surface area contributed by atoms with Crippen LogP contribution >= 0.6 is 0 Å². The van der Waals surface area contributed by atoms with E-state index in [-0.39, 0.29) is 9.46 Å². The SMILES string of the molecule is C/N=c1\c(F)cn(S(=O)(=O)c2cccc(F)c2)c(=O)n1C. The number of hydrogen-bond acceptors (Lipinski definition) is 4. The van der Waals surface area contributed by atoms with Crippen LogP contribution in [0.2, 0.25) is 0 Å². The summed E-state index contributed by atoms with van der Waals surface area (Å²) in [6, 6.07) is 4.10. The Balaban J connectivity index is 2.82. The number of nitrogens with zero attached hydrogens (tertiary/aromatic N) is 3. The summed E-state index contributed by atoms with van der Waals surface area (Å²) in [4.78, 5) is 15.1. The lowest BCUT2D eigenvalue weighted by atomic mass is 10.4. The molecule has 0 bridgehead atoms. The molecule has 0 aliphatic heterocycles. The average molecular weight is 315 g/mol. The maximum absolute atomic E-state index is 13.8. The topological polar surface area (TPSA) is 73.4 Å². The van der Waals surface area contributed by atoms with Gasteiger partial charge in [-0.15, -0.1) is 0 Å². The van der Waals surface area contributed by atoms with Crippen LogP contribution in [0.3, 0.4) is 0 Å². The summed E-state index contributed by atoms with van der Waals surface area (Å²) in [7, 11) is -1.95. The largest absolute Gasteiger partial charge is 0.343 e. The molecule has 0 saturated heterocycles. The Bertz CT molecular complexity index is 929. The Labute approximate surface area is 118 Å². The molecule has 0 aliphatic rings. The molecule has 2 aromatic rings. The predicted octanol–water partition coefficient (Wildman–Crippen LogP) is 0.232. The van der Waals surface area contributed by atoms with Gasteiger partial charge in [0, 0.05) is 14.1 Å². The fourth-order valence-corrected chi connectivity index (χ4v) is 3.08. The third kappa shape index (κ3) is 2.51. The van der Waals surface area contributed by atoms with E-state index in [4.69, 9.17) is 0 Å². The van der Waals surface area contributed by atoms with E-state index in [0.29, 0.717) is 6.20 Å². The number of rotatable bonds is 2. The van der Waals surface area contributed by atoms with Crippen molar-refractivity contribution in [2.45, 2.75) is 4.90 Å². The molecule has 0 saturated carbocycles. The highest BCUT2D eigenvalue weighted by molar-refractivity contribution is 7.90. The second-order valence-corrected chi connectivity index (χ2v) is 5.94. The number of hydrogen-bond donors (Lipinski definition) is 0. The molecule has 0 radical (unpaired) electrons. The van der Waals surface area contributed by atoms with Gasteiger partial charge >= 0.3 is 5.69 Å². The standard InChI is InChI=1S/C12H11F2N3O3S/c1-15-11-10(14)7-17(12(18)16(11)2)21(19,20)9-5-3-4-8(13)6-9/h3-7H,1-2H3/b15-11+. The first-order valence-corrected chi connectivity index (χ1v) is 7.15. The maximum atomic E-state index is 13.8. The summed E-state index contributed by atoms with van der Waals surface area (Å²) in [6.07, 6.45) is 0.519. The first-order chi connectivity index (χ1) is 9.78. The number of halogens is 2. The van der Waals surface area contributed by atoms with Crippen LogP contribution in [0.5, 0.6) is 0 Å². The van der Waals surface area contributed by atoms with E-state index in [9.17, 15) is 22.0 Å². The molecule has 6 nitrogen and oxygen atoms in total. The van der Waals surface area contributed by atoms with Crippen LogP contribution in [-0.4, -0.2) is 24.0 Å². The van der Waals surface area contributed by atoms with Gasteiger partial charge in [-0.25, -0.2) is 22.0 Å². The molecule has 112 valence electrons. The minimum Gasteiger partial charge on any atom is -0.278 e. The first-order valence-electron chi connectivity index (χ1n) is 5.71. The summed E-state index contributed by atoms with van der Waals surface area (Å²) in [5, 5.41) is 0. The van der Waals surface area contributed by atoms with E-state index in [0.717, 1.165) is 22.8 Å². The molecule has 0 unspecified atom stereocenters. The number of aromatic nitrogens is 2. The van der Waals surface area contributed by atoms with E-state index in [1.165, 1.54) is 20.2 Å². The van der Waals surface area contributed by atoms with E-state index in [1.807, 2.05) is 0 Å². The Morgan fingerprint density at radius 2 is 1.90 bits per heavy atom. The van der Waals surface area contributed by atoms with Gasteiger partial charge in [0.1, 0.15) is 5.82 Å². The fourth-order valence-electron chi connectivity index (χ4n) is 1.78. The molecule has 0 atom stereocenters. The highest BCUT2D eigenvalue weighted by Gasteiger charge is 2.21. The number of benzene rings is 1. The van der Waals surface area contributed by atoms with E-state index in [2.05, 4.69) is 4.99 Å². The summed E-state index contributed by atoms with van der Waals surface area (Å²) < 4.78 is 52.5. The van der Waals surface area contributed by atoms with Crippen molar-refractivity contribution in [1.82, 2.24) is 8.54 Å². The predicted molar refractivity (Wildman–Crippen MR) is 70.1 cm³/mol. The highest BCUT2D eigenvalue weighted by atomic mass is 32.2. The lowest BCUT2D eigenvalue weighted by Gasteiger charge is -2.10. The van der Waals surface area contributed by atoms with Gasteiger partial charge in [-0.2, -0.15) is 3.97 Å². The van der Waals surface area contributed by atoms with E-state index in [1.54, 1.807) is 0 Å². The van der Waals surface area contributed by atoms with Crippen LogP contribution in [0.4, 0.5) is 8.78 Å². The molecule has 1 heterocycles. The Hall–Kier alpha value is -2.29. The van der Waals surface area contributed by atoms with Crippen LogP contribution in [0.15, 0.2) is 45.1 Å². The second kappa shape index (κ2) is 5.24. The quantitative estimate of drug-likeness (QED) is 0.796. The van der Waals surface area contributed by atoms with Gasteiger partial charge in [-0.1, -0.05) is 6.07 Å². The molecule has 1 aromatic carbocycles. The van der Waals surface area contributed by atoms with E-state index < -0.39 is 32.2 Å². The van der Waals surface area contributed by atoms with Gasteiger partial charge in [0.2, 0.25) is 0 Å².